The lowest BCUT2D eigenvalue weighted by Crippen LogP contribution is -2.43. The van der Waals surface area contributed by atoms with E-state index in [-0.39, 0.29) is 18.0 Å². The van der Waals surface area contributed by atoms with Crippen molar-refractivity contribution in [3.8, 4) is 0 Å². The summed E-state index contributed by atoms with van der Waals surface area (Å²) in [7, 11) is 4.92. The van der Waals surface area contributed by atoms with Gasteiger partial charge in [-0.3, -0.25) is 14.5 Å². The molecular formula is C13H24N2O4. The number of rotatable bonds is 6. The fraction of sp³-hybridized carbons (Fsp3) is 0.846. The number of carbonyl (C=O) groups excluding carboxylic acids is 2. The fourth-order valence-corrected chi connectivity index (χ4v) is 2.05. The van der Waals surface area contributed by atoms with Gasteiger partial charge >= 0.3 is 5.97 Å². The second-order valence-corrected chi connectivity index (χ2v) is 4.97. The molecule has 0 N–H and O–H groups in total. The van der Waals surface area contributed by atoms with Crippen LogP contribution in [0.1, 0.15) is 19.3 Å². The van der Waals surface area contributed by atoms with Gasteiger partial charge in [0.15, 0.2) is 0 Å². The highest BCUT2D eigenvalue weighted by molar-refractivity contribution is 5.75. The maximum atomic E-state index is 11.5. The van der Waals surface area contributed by atoms with Gasteiger partial charge in [0.05, 0.1) is 26.2 Å². The van der Waals surface area contributed by atoms with E-state index >= 15 is 0 Å². The molecule has 0 aromatic heterocycles. The monoisotopic (exact) mass is 272 g/mol. The molecule has 6 nitrogen and oxygen atoms in total. The van der Waals surface area contributed by atoms with Gasteiger partial charge in [0.25, 0.3) is 0 Å². The second-order valence-electron chi connectivity index (χ2n) is 4.97. The summed E-state index contributed by atoms with van der Waals surface area (Å²) in [6, 6.07) is 0. The largest absolute Gasteiger partial charge is 0.469 e. The van der Waals surface area contributed by atoms with Crippen LogP contribution in [0, 0.1) is 0 Å². The molecule has 0 radical (unpaired) electrons. The van der Waals surface area contributed by atoms with E-state index in [0.717, 1.165) is 26.1 Å². The van der Waals surface area contributed by atoms with Gasteiger partial charge in [-0.2, -0.15) is 0 Å². The summed E-state index contributed by atoms with van der Waals surface area (Å²) in [4.78, 5) is 26.5. The smallest absolute Gasteiger partial charge is 0.308 e. The Bertz CT molecular complexity index is 307. The highest BCUT2D eigenvalue weighted by atomic mass is 16.5. The summed E-state index contributed by atoms with van der Waals surface area (Å²) >= 11 is 0. The first-order valence-electron chi connectivity index (χ1n) is 6.64. The minimum atomic E-state index is -0.241. The molecule has 1 aliphatic heterocycles. The van der Waals surface area contributed by atoms with E-state index in [1.165, 1.54) is 7.11 Å². The first-order valence-corrected chi connectivity index (χ1v) is 6.64. The maximum absolute atomic E-state index is 11.5. The quantitative estimate of drug-likeness (QED) is 0.643. The molecule has 1 saturated heterocycles. The summed E-state index contributed by atoms with van der Waals surface area (Å²) in [5.74, 6) is -0.0889. The number of hydrogen-bond donors (Lipinski definition) is 0. The summed E-state index contributed by atoms with van der Waals surface area (Å²) < 4.78 is 10.2. The molecule has 1 rings (SSSR count). The molecule has 6 heteroatoms. The van der Waals surface area contributed by atoms with Crippen LogP contribution in [0.5, 0.6) is 0 Å². The molecule has 19 heavy (non-hydrogen) atoms. The summed E-state index contributed by atoms with van der Waals surface area (Å²) in [5, 5.41) is 0. The minimum absolute atomic E-state index is 0.0919. The average Bonchev–Trinajstić information content (AvgIpc) is 2.38. The van der Waals surface area contributed by atoms with Gasteiger partial charge in [-0.05, 0) is 13.0 Å². The van der Waals surface area contributed by atoms with Crippen LogP contribution in [0.4, 0.5) is 0 Å². The third-order valence-electron chi connectivity index (χ3n) is 3.21. The average molecular weight is 272 g/mol. The number of nitrogens with zero attached hydrogens (tertiary/aromatic N) is 2. The highest BCUT2D eigenvalue weighted by Crippen LogP contribution is 2.10. The van der Waals surface area contributed by atoms with Crippen molar-refractivity contribution in [3.63, 3.8) is 0 Å². The lowest BCUT2D eigenvalue weighted by molar-refractivity contribution is -0.145. The molecule has 1 amide bonds. The number of methoxy groups -OCH3 is 1. The predicted molar refractivity (Wildman–Crippen MR) is 70.7 cm³/mol. The van der Waals surface area contributed by atoms with E-state index < -0.39 is 0 Å². The first kappa shape index (κ1) is 15.9. The molecule has 1 fully saturated rings. The molecule has 1 aliphatic rings. The van der Waals surface area contributed by atoms with E-state index in [1.54, 1.807) is 19.0 Å². The molecule has 0 aromatic rings. The normalized spacial score (nSPS) is 20.1. The molecule has 1 unspecified atom stereocenters. The standard InChI is InChI=1S/C13H24N2O4/c1-14(2)12(16)5-4-6-15-7-8-19-11(10-15)9-13(17)18-3/h11H,4-10H2,1-3H3. The third-order valence-corrected chi connectivity index (χ3v) is 3.21. The number of carbonyl (C=O) groups is 2. The zero-order valence-corrected chi connectivity index (χ0v) is 12.1. The van der Waals surface area contributed by atoms with Crippen LogP contribution in [0.2, 0.25) is 0 Å². The molecule has 0 bridgehead atoms. The van der Waals surface area contributed by atoms with Crippen molar-refractivity contribution in [1.29, 1.82) is 0 Å². The summed E-state index contributed by atoms with van der Waals surface area (Å²) in [5.41, 5.74) is 0. The second kappa shape index (κ2) is 8.12. The number of hydrogen-bond acceptors (Lipinski definition) is 5. The molecule has 1 atom stereocenters. The van der Waals surface area contributed by atoms with Gasteiger partial charge < -0.3 is 14.4 Å². The van der Waals surface area contributed by atoms with Crippen LogP contribution in [0.3, 0.4) is 0 Å². The van der Waals surface area contributed by atoms with Crippen LogP contribution in [0.25, 0.3) is 0 Å². The van der Waals surface area contributed by atoms with E-state index in [1.807, 2.05) is 0 Å². The van der Waals surface area contributed by atoms with Gasteiger partial charge in [0, 0.05) is 33.6 Å². The van der Waals surface area contributed by atoms with Crippen molar-refractivity contribution in [2.24, 2.45) is 0 Å². The first-order chi connectivity index (χ1) is 9.02. The molecule has 0 aromatic carbocycles. The Kier molecular flexibility index (Phi) is 6.80. The molecule has 1 heterocycles. The third kappa shape index (κ3) is 6.02. The van der Waals surface area contributed by atoms with Crippen LogP contribution in [0.15, 0.2) is 0 Å². The Morgan fingerprint density at radius 2 is 2.16 bits per heavy atom. The van der Waals surface area contributed by atoms with Crippen LogP contribution < -0.4 is 0 Å². The Labute approximate surface area is 114 Å². The fourth-order valence-electron chi connectivity index (χ4n) is 2.05. The van der Waals surface area contributed by atoms with Crippen molar-refractivity contribution in [1.82, 2.24) is 9.80 Å². The number of esters is 1. The molecule has 0 spiro atoms. The number of ether oxygens (including phenoxy) is 2. The van der Waals surface area contributed by atoms with E-state index in [4.69, 9.17) is 4.74 Å². The predicted octanol–water partition coefficient (Wildman–Crippen LogP) is 0.119. The number of morpholine rings is 1. The zero-order valence-electron chi connectivity index (χ0n) is 12.1. The summed E-state index contributed by atoms with van der Waals surface area (Å²) in [6.07, 6.45) is 1.60. The minimum Gasteiger partial charge on any atom is -0.469 e. The zero-order chi connectivity index (χ0) is 14.3. The molecule has 0 saturated carbocycles. The number of amides is 1. The van der Waals surface area contributed by atoms with E-state index in [9.17, 15) is 9.59 Å². The molecular weight excluding hydrogens is 248 g/mol. The van der Waals surface area contributed by atoms with Crippen LogP contribution in [-0.2, 0) is 19.1 Å². The van der Waals surface area contributed by atoms with Crippen molar-refractivity contribution in [2.75, 3.05) is 47.4 Å². The lowest BCUT2D eigenvalue weighted by Gasteiger charge is -2.32. The van der Waals surface area contributed by atoms with Crippen molar-refractivity contribution in [3.05, 3.63) is 0 Å². The Morgan fingerprint density at radius 3 is 2.79 bits per heavy atom. The van der Waals surface area contributed by atoms with Gasteiger partial charge in [-0.25, -0.2) is 0 Å². The van der Waals surface area contributed by atoms with Gasteiger partial charge in [-0.15, -0.1) is 0 Å². The Balaban J connectivity index is 2.23. The highest BCUT2D eigenvalue weighted by Gasteiger charge is 2.23. The van der Waals surface area contributed by atoms with Gasteiger partial charge in [0.2, 0.25) is 5.91 Å². The van der Waals surface area contributed by atoms with Crippen molar-refractivity contribution < 1.29 is 19.1 Å². The van der Waals surface area contributed by atoms with Gasteiger partial charge in [0.1, 0.15) is 0 Å². The van der Waals surface area contributed by atoms with Crippen LogP contribution >= 0.6 is 0 Å². The van der Waals surface area contributed by atoms with E-state index in [0.29, 0.717) is 19.4 Å². The maximum Gasteiger partial charge on any atom is 0.308 e. The molecule has 110 valence electrons. The lowest BCUT2D eigenvalue weighted by atomic mass is 10.2. The van der Waals surface area contributed by atoms with E-state index in [2.05, 4.69) is 9.64 Å². The SMILES string of the molecule is COC(=O)CC1CN(CCCC(=O)N(C)C)CCO1. The van der Waals surface area contributed by atoms with Gasteiger partial charge in [-0.1, -0.05) is 0 Å². The Hall–Kier alpha value is -1.14. The van der Waals surface area contributed by atoms with Crippen LogP contribution in [-0.4, -0.2) is 75.2 Å². The Morgan fingerprint density at radius 1 is 1.42 bits per heavy atom. The van der Waals surface area contributed by atoms with Crippen molar-refractivity contribution >= 4 is 11.9 Å². The van der Waals surface area contributed by atoms with Crippen molar-refractivity contribution in [2.45, 2.75) is 25.4 Å². The molecule has 0 aliphatic carbocycles. The topological polar surface area (TPSA) is 59.1 Å². The summed E-state index contributed by atoms with van der Waals surface area (Å²) in [6.45, 7) is 3.07.